The third-order valence-electron chi connectivity index (χ3n) is 3.04. The number of nitrogens with two attached hydrogens (primary N) is 1. The molecule has 15 heavy (non-hydrogen) atoms. The van der Waals surface area contributed by atoms with E-state index in [-0.39, 0.29) is 6.04 Å². The van der Waals surface area contributed by atoms with E-state index in [1.165, 1.54) is 19.3 Å². The molecule has 1 aliphatic carbocycles. The molecule has 2 atom stereocenters. The minimum absolute atomic E-state index is 0.0756. The van der Waals surface area contributed by atoms with Gasteiger partial charge in [0.15, 0.2) is 0 Å². The zero-order valence-corrected chi connectivity index (χ0v) is 9.26. The van der Waals surface area contributed by atoms with Crippen LogP contribution in [0.3, 0.4) is 0 Å². The number of allylic oxidation sites excluding steroid dienone is 2. The highest BCUT2D eigenvalue weighted by molar-refractivity contribution is 5.03. The molecule has 2 rings (SSSR count). The maximum Gasteiger partial charge on any atom is 0.0948 e. The fraction of sp³-hybridized carbons (Fsp3) is 0.583. The summed E-state index contributed by atoms with van der Waals surface area (Å²) in [5.41, 5.74) is 7.03. The van der Waals surface area contributed by atoms with Crippen LogP contribution in [-0.4, -0.2) is 9.55 Å². The number of imidazole rings is 1. The van der Waals surface area contributed by atoms with Crippen LogP contribution in [0.25, 0.3) is 0 Å². The first-order chi connectivity index (χ1) is 7.27. The third kappa shape index (κ3) is 2.48. The molecule has 2 N–H and O–H groups in total. The minimum atomic E-state index is 0.0756. The Bertz CT molecular complexity index is 338. The molecule has 1 heterocycles. The molecule has 0 bridgehead atoms. The number of hydrogen-bond acceptors (Lipinski definition) is 2. The van der Waals surface area contributed by atoms with E-state index in [1.54, 1.807) is 0 Å². The van der Waals surface area contributed by atoms with Gasteiger partial charge < -0.3 is 10.3 Å². The first-order valence-electron chi connectivity index (χ1n) is 5.68. The van der Waals surface area contributed by atoms with E-state index >= 15 is 0 Å². The first-order valence-corrected chi connectivity index (χ1v) is 5.68. The van der Waals surface area contributed by atoms with E-state index in [2.05, 4.69) is 21.7 Å². The first kappa shape index (κ1) is 10.4. The van der Waals surface area contributed by atoms with Gasteiger partial charge in [-0.2, -0.15) is 0 Å². The van der Waals surface area contributed by atoms with Crippen LogP contribution >= 0.6 is 0 Å². The standard InChI is InChI=1S/C12H19N3/c1-10(13)12-7-14-9-15(12)8-11-5-3-2-4-6-11/h2-3,7,9-11H,4-6,8,13H2,1H3/t10-,11?/m1/s1. The molecule has 3 heteroatoms. The summed E-state index contributed by atoms with van der Waals surface area (Å²) in [6.45, 7) is 3.06. The van der Waals surface area contributed by atoms with Crippen molar-refractivity contribution < 1.29 is 0 Å². The Morgan fingerprint density at radius 3 is 3.13 bits per heavy atom. The Morgan fingerprint density at radius 2 is 2.47 bits per heavy atom. The van der Waals surface area contributed by atoms with Gasteiger partial charge in [0, 0.05) is 18.8 Å². The second-order valence-corrected chi connectivity index (χ2v) is 4.41. The average Bonchev–Trinajstić information content (AvgIpc) is 2.67. The Kier molecular flexibility index (Phi) is 3.21. The third-order valence-corrected chi connectivity index (χ3v) is 3.04. The van der Waals surface area contributed by atoms with Crippen molar-refractivity contribution in [2.45, 2.75) is 38.8 Å². The van der Waals surface area contributed by atoms with Crippen LogP contribution in [0.2, 0.25) is 0 Å². The summed E-state index contributed by atoms with van der Waals surface area (Å²) in [6, 6.07) is 0.0756. The van der Waals surface area contributed by atoms with E-state index in [4.69, 9.17) is 5.73 Å². The normalized spacial score (nSPS) is 22.9. The summed E-state index contributed by atoms with van der Waals surface area (Å²) >= 11 is 0. The van der Waals surface area contributed by atoms with Gasteiger partial charge in [0.1, 0.15) is 0 Å². The van der Waals surface area contributed by atoms with Crippen molar-refractivity contribution >= 4 is 0 Å². The maximum absolute atomic E-state index is 5.89. The number of aromatic nitrogens is 2. The van der Waals surface area contributed by atoms with Gasteiger partial charge in [-0.3, -0.25) is 0 Å². The highest BCUT2D eigenvalue weighted by Crippen LogP contribution is 2.21. The number of hydrogen-bond donors (Lipinski definition) is 1. The monoisotopic (exact) mass is 205 g/mol. The SMILES string of the molecule is C[C@@H](N)c1cncn1CC1CC=CCC1. The van der Waals surface area contributed by atoms with Gasteiger partial charge >= 0.3 is 0 Å². The lowest BCUT2D eigenvalue weighted by atomic mass is 9.94. The smallest absolute Gasteiger partial charge is 0.0948 e. The Morgan fingerprint density at radius 1 is 1.60 bits per heavy atom. The summed E-state index contributed by atoms with van der Waals surface area (Å²) in [7, 11) is 0. The van der Waals surface area contributed by atoms with Crippen LogP contribution in [0.4, 0.5) is 0 Å². The zero-order valence-electron chi connectivity index (χ0n) is 9.26. The molecule has 0 spiro atoms. The highest BCUT2D eigenvalue weighted by atomic mass is 15.1. The highest BCUT2D eigenvalue weighted by Gasteiger charge is 2.13. The second-order valence-electron chi connectivity index (χ2n) is 4.41. The van der Waals surface area contributed by atoms with Gasteiger partial charge in [0.05, 0.1) is 12.0 Å². The molecule has 0 fully saturated rings. The molecule has 0 amide bonds. The zero-order chi connectivity index (χ0) is 10.7. The van der Waals surface area contributed by atoms with Crippen LogP contribution in [0.5, 0.6) is 0 Å². The fourth-order valence-corrected chi connectivity index (χ4v) is 2.16. The Balaban J connectivity index is 2.03. The van der Waals surface area contributed by atoms with E-state index in [1.807, 2.05) is 19.4 Å². The lowest BCUT2D eigenvalue weighted by molar-refractivity contribution is 0.401. The molecule has 1 aliphatic rings. The molecule has 82 valence electrons. The van der Waals surface area contributed by atoms with Crippen molar-refractivity contribution in [3.8, 4) is 0 Å². The van der Waals surface area contributed by atoms with Crippen molar-refractivity contribution in [2.24, 2.45) is 11.7 Å². The summed E-state index contributed by atoms with van der Waals surface area (Å²) in [5, 5.41) is 0. The molecule has 0 aromatic carbocycles. The molecule has 1 aromatic rings. The molecular formula is C12H19N3. The van der Waals surface area contributed by atoms with Crippen molar-refractivity contribution in [1.82, 2.24) is 9.55 Å². The molecule has 1 aromatic heterocycles. The summed E-state index contributed by atoms with van der Waals surface area (Å²) < 4.78 is 2.20. The summed E-state index contributed by atoms with van der Waals surface area (Å²) in [6.07, 6.45) is 12.0. The quantitative estimate of drug-likeness (QED) is 0.769. The summed E-state index contributed by atoms with van der Waals surface area (Å²) in [5.74, 6) is 0.752. The second kappa shape index (κ2) is 4.62. The van der Waals surface area contributed by atoms with Crippen LogP contribution in [0, 0.1) is 5.92 Å². The van der Waals surface area contributed by atoms with E-state index in [9.17, 15) is 0 Å². The molecule has 1 unspecified atom stereocenters. The lowest BCUT2D eigenvalue weighted by Gasteiger charge is -2.20. The Hall–Kier alpha value is -1.09. The van der Waals surface area contributed by atoms with Gasteiger partial charge in [-0.15, -0.1) is 0 Å². The minimum Gasteiger partial charge on any atom is -0.333 e. The van der Waals surface area contributed by atoms with Crippen LogP contribution < -0.4 is 5.73 Å². The molecule has 0 saturated heterocycles. The van der Waals surface area contributed by atoms with Gasteiger partial charge in [0.2, 0.25) is 0 Å². The molecule has 0 radical (unpaired) electrons. The van der Waals surface area contributed by atoms with E-state index in [0.29, 0.717) is 0 Å². The summed E-state index contributed by atoms with van der Waals surface area (Å²) in [4.78, 5) is 4.17. The van der Waals surface area contributed by atoms with Crippen molar-refractivity contribution in [1.29, 1.82) is 0 Å². The average molecular weight is 205 g/mol. The van der Waals surface area contributed by atoms with E-state index < -0.39 is 0 Å². The lowest BCUT2D eigenvalue weighted by Crippen LogP contribution is -2.17. The van der Waals surface area contributed by atoms with Crippen LogP contribution in [0.1, 0.15) is 37.9 Å². The maximum atomic E-state index is 5.89. The predicted octanol–water partition coefficient (Wildman–Crippen LogP) is 2.26. The van der Waals surface area contributed by atoms with E-state index in [0.717, 1.165) is 18.2 Å². The van der Waals surface area contributed by atoms with Crippen LogP contribution in [-0.2, 0) is 6.54 Å². The largest absolute Gasteiger partial charge is 0.333 e. The van der Waals surface area contributed by atoms with Crippen molar-refractivity contribution in [3.05, 3.63) is 30.4 Å². The topological polar surface area (TPSA) is 43.8 Å². The molecule has 0 aliphatic heterocycles. The predicted molar refractivity (Wildman–Crippen MR) is 61.3 cm³/mol. The van der Waals surface area contributed by atoms with Gasteiger partial charge in [-0.05, 0) is 32.1 Å². The molecule has 0 saturated carbocycles. The Labute approximate surface area is 91.0 Å². The fourth-order valence-electron chi connectivity index (χ4n) is 2.16. The molecule has 3 nitrogen and oxygen atoms in total. The molecular weight excluding hydrogens is 186 g/mol. The van der Waals surface area contributed by atoms with Gasteiger partial charge in [-0.25, -0.2) is 4.98 Å². The van der Waals surface area contributed by atoms with Gasteiger partial charge in [-0.1, -0.05) is 12.2 Å². The van der Waals surface area contributed by atoms with Crippen molar-refractivity contribution in [3.63, 3.8) is 0 Å². The number of nitrogens with zero attached hydrogens (tertiary/aromatic N) is 2. The van der Waals surface area contributed by atoms with Crippen LogP contribution in [0.15, 0.2) is 24.7 Å². The van der Waals surface area contributed by atoms with Gasteiger partial charge in [0.25, 0.3) is 0 Å². The van der Waals surface area contributed by atoms with Crippen molar-refractivity contribution in [2.75, 3.05) is 0 Å². The number of rotatable bonds is 3.